The van der Waals surface area contributed by atoms with Crippen molar-refractivity contribution >= 4 is 29.4 Å². The average molecular weight is 298 g/mol. The Bertz CT molecular complexity index is 629. The van der Waals surface area contributed by atoms with Crippen LogP contribution in [0.15, 0.2) is 41.4 Å². The summed E-state index contributed by atoms with van der Waals surface area (Å²) in [6.07, 6.45) is 1.50. The number of halogens is 3. The van der Waals surface area contributed by atoms with E-state index in [0.29, 0.717) is 27.7 Å². The van der Waals surface area contributed by atoms with Crippen molar-refractivity contribution in [2.75, 3.05) is 0 Å². The van der Waals surface area contributed by atoms with Gasteiger partial charge in [-0.15, -0.1) is 0 Å². The van der Waals surface area contributed by atoms with Gasteiger partial charge in [0.05, 0.1) is 6.54 Å². The zero-order valence-corrected chi connectivity index (χ0v) is 11.3. The minimum atomic E-state index is -0.384. The van der Waals surface area contributed by atoms with Crippen LogP contribution in [0.2, 0.25) is 10.0 Å². The highest BCUT2D eigenvalue weighted by Crippen LogP contribution is 2.21. The number of aliphatic imine (C=N–C) groups is 1. The first-order chi connectivity index (χ1) is 9.06. The fraction of sp³-hybridized carbons (Fsp3) is 0.0714. The smallest absolute Gasteiger partial charge is 0.124 e. The molecule has 2 nitrogen and oxygen atoms in total. The second kappa shape index (κ2) is 6.04. The lowest BCUT2D eigenvalue weighted by atomic mass is 10.2. The van der Waals surface area contributed by atoms with Gasteiger partial charge in [-0.2, -0.15) is 0 Å². The largest absolute Gasteiger partial charge is 0.507 e. The van der Waals surface area contributed by atoms with Crippen LogP contribution < -0.4 is 0 Å². The Morgan fingerprint density at radius 2 is 1.95 bits per heavy atom. The van der Waals surface area contributed by atoms with Gasteiger partial charge in [-0.05, 0) is 35.9 Å². The molecule has 0 fully saturated rings. The lowest BCUT2D eigenvalue weighted by Crippen LogP contribution is -1.88. The maximum Gasteiger partial charge on any atom is 0.124 e. The van der Waals surface area contributed by atoms with Gasteiger partial charge in [0.25, 0.3) is 0 Å². The second-order valence-electron chi connectivity index (χ2n) is 3.91. The minimum absolute atomic E-state index is 0.0957. The number of rotatable bonds is 3. The topological polar surface area (TPSA) is 32.6 Å². The molecular formula is C14H10Cl2FNO. The fourth-order valence-corrected chi connectivity index (χ4v) is 1.93. The Labute approximate surface area is 120 Å². The molecule has 0 aliphatic heterocycles. The Hall–Kier alpha value is -1.58. The molecular weight excluding hydrogens is 288 g/mol. The van der Waals surface area contributed by atoms with Gasteiger partial charge in [-0.1, -0.05) is 29.3 Å². The van der Waals surface area contributed by atoms with Crippen molar-refractivity contribution in [1.82, 2.24) is 0 Å². The maximum absolute atomic E-state index is 12.9. The standard InChI is InChI=1S/C14H10Cl2FNO/c15-11-2-4-14(19)10(5-11)8-18-7-9-1-3-12(17)6-13(9)16/h1-6,8,19H,7H2. The SMILES string of the molecule is Oc1ccc(Cl)cc1C=NCc1ccc(F)cc1Cl. The van der Waals surface area contributed by atoms with Gasteiger partial charge in [-0.3, -0.25) is 4.99 Å². The van der Waals surface area contributed by atoms with Crippen LogP contribution >= 0.6 is 23.2 Å². The summed E-state index contributed by atoms with van der Waals surface area (Å²) in [5.74, 6) is -0.288. The van der Waals surface area contributed by atoms with Gasteiger partial charge in [0, 0.05) is 21.8 Å². The predicted molar refractivity (Wildman–Crippen MR) is 75.8 cm³/mol. The van der Waals surface area contributed by atoms with E-state index in [1.807, 2.05) is 0 Å². The summed E-state index contributed by atoms with van der Waals surface area (Å²) < 4.78 is 12.9. The normalized spacial score (nSPS) is 11.1. The third-order valence-electron chi connectivity index (χ3n) is 2.50. The zero-order valence-electron chi connectivity index (χ0n) is 9.78. The van der Waals surface area contributed by atoms with E-state index in [-0.39, 0.29) is 11.6 Å². The summed E-state index contributed by atoms with van der Waals surface area (Å²) in [5.41, 5.74) is 1.23. The van der Waals surface area contributed by atoms with E-state index in [1.54, 1.807) is 18.2 Å². The number of hydrogen-bond acceptors (Lipinski definition) is 2. The minimum Gasteiger partial charge on any atom is -0.507 e. The molecule has 0 saturated heterocycles. The Kier molecular flexibility index (Phi) is 4.40. The predicted octanol–water partition coefficient (Wildman–Crippen LogP) is 4.46. The molecule has 98 valence electrons. The highest BCUT2D eigenvalue weighted by molar-refractivity contribution is 6.31. The Balaban J connectivity index is 2.13. The summed E-state index contributed by atoms with van der Waals surface area (Å²) in [7, 11) is 0. The maximum atomic E-state index is 12.9. The molecule has 0 radical (unpaired) electrons. The summed E-state index contributed by atoms with van der Waals surface area (Å²) >= 11 is 11.7. The molecule has 0 unspecified atom stereocenters. The summed E-state index contributed by atoms with van der Waals surface area (Å²) in [6, 6.07) is 8.83. The molecule has 0 saturated carbocycles. The number of nitrogens with zero attached hydrogens (tertiary/aromatic N) is 1. The lowest BCUT2D eigenvalue weighted by Gasteiger charge is -2.01. The lowest BCUT2D eigenvalue weighted by molar-refractivity contribution is 0.474. The van der Waals surface area contributed by atoms with Crippen molar-refractivity contribution in [3.63, 3.8) is 0 Å². The number of phenols is 1. The molecule has 1 N–H and O–H groups in total. The molecule has 0 spiro atoms. The van der Waals surface area contributed by atoms with E-state index in [2.05, 4.69) is 4.99 Å². The Morgan fingerprint density at radius 3 is 2.68 bits per heavy atom. The molecule has 0 aliphatic rings. The van der Waals surface area contributed by atoms with Crippen LogP contribution in [0.25, 0.3) is 0 Å². The molecule has 0 atom stereocenters. The molecule has 5 heteroatoms. The third-order valence-corrected chi connectivity index (χ3v) is 3.08. The van der Waals surface area contributed by atoms with Crippen molar-refractivity contribution in [2.24, 2.45) is 4.99 Å². The van der Waals surface area contributed by atoms with Crippen LogP contribution in [-0.2, 0) is 6.54 Å². The molecule has 0 amide bonds. The van der Waals surface area contributed by atoms with E-state index in [0.717, 1.165) is 0 Å². The van der Waals surface area contributed by atoms with Crippen molar-refractivity contribution in [3.8, 4) is 5.75 Å². The average Bonchev–Trinajstić information content (AvgIpc) is 2.36. The van der Waals surface area contributed by atoms with Crippen LogP contribution in [0, 0.1) is 5.82 Å². The molecule has 0 aromatic heterocycles. The fourth-order valence-electron chi connectivity index (χ4n) is 1.52. The number of hydrogen-bond donors (Lipinski definition) is 1. The number of benzene rings is 2. The van der Waals surface area contributed by atoms with E-state index < -0.39 is 0 Å². The van der Waals surface area contributed by atoms with Gasteiger partial charge in [0.15, 0.2) is 0 Å². The molecule has 0 bridgehead atoms. The second-order valence-corrected chi connectivity index (χ2v) is 4.75. The molecule has 2 aromatic rings. The molecule has 0 aliphatic carbocycles. The molecule has 2 aromatic carbocycles. The monoisotopic (exact) mass is 297 g/mol. The first-order valence-electron chi connectivity index (χ1n) is 5.48. The summed E-state index contributed by atoms with van der Waals surface area (Å²) in [6.45, 7) is 0.297. The summed E-state index contributed by atoms with van der Waals surface area (Å²) in [5, 5.41) is 10.4. The number of aromatic hydroxyl groups is 1. The first kappa shape index (κ1) is 13.8. The van der Waals surface area contributed by atoms with Crippen molar-refractivity contribution in [3.05, 3.63) is 63.4 Å². The van der Waals surface area contributed by atoms with E-state index >= 15 is 0 Å². The molecule has 19 heavy (non-hydrogen) atoms. The quantitative estimate of drug-likeness (QED) is 0.834. The van der Waals surface area contributed by atoms with Gasteiger partial charge < -0.3 is 5.11 Å². The van der Waals surface area contributed by atoms with Gasteiger partial charge in [-0.25, -0.2) is 4.39 Å². The Morgan fingerprint density at radius 1 is 1.16 bits per heavy atom. The van der Waals surface area contributed by atoms with Crippen LogP contribution in [0.5, 0.6) is 5.75 Å². The van der Waals surface area contributed by atoms with Gasteiger partial charge >= 0.3 is 0 Å². The van der Waals surface area contributed by atoms with Crippen LogP contribution in [0.3, 0.4) is 0 Å². The molecule has 2 rings (SSSR count). The van der Waals surface area contributed by atoms with Crippen molar-refractivity contribution < 1.29 is 9.50 Å². The highest BCUT2D eigenvalue weighted by Gasteiger charge is 2.02. The van der Waals surface area contributed by atoms with Crippen LogP contribution in [0.1, 0.15) is 11.1 Å². The van der Waals surface area contributed by atoms with Gasteiger partial charge in [0.1, 0.15) is 11.6 Å². The molecule has 0 heterocycles. The van der Waals surface area contributed by atoms with Crippen LogP contribution in [0.4, 0.5) is 4.39 Å². The van der Waals surface area contributed by atoms with E-state index in [1.165, 1.54) is 24.4 Å². The number of phenolic OH excluding ortho intramolecular Hbond substituents is 1. The summed E-state index contributed by atoms with van der Waals surface area (Å²) in [4.78, 5) is 4.15. The van der Waals surface area contributed by atoms with Crippen molar-refractivity contribution in [2.45, 2.75) is 6.54 Å². The van der Waals surface area contributed by atoms with Crippen LogP contribution in [-0.4, -0.2) is 11.3 Å². The zero-order chi connectivity index (χ0) is 13.8. The third kappa shape index (κ3) is 3.69. The highest BCUT2D eigenvalue weighted by atomic mass is 35.5. The van der Waals surface area contributed by atoms with Gasteiger partial charge in [0.2, 0.25) is 0 Å². The van der Waals surface area contributed by atoms with E-state index in [9.17, 15) is 9.50 Å². The van der Waals surface area contributed by atoms with E-state index in [4.69, 9.17) is 23.2 Å². The first-order valence-corrected chi connectivity index (χ1v) is 6.24. The van der Waals surface area contributed by atoms with Crippen molar-refractivity contribution in [1.29, 1.82) is 0 Å².